The summed E-state index contributed by atoms with van der Waals surface area (Å²) in [5.74, 6) is 1.46. The molecule has 0 aliphatic carbocycles. The van der Waals surface area contributed by atoms with Gasteiger partial charge < -0.3 is 20.7 Å². The van der Waals surface area contributed by atoms with Crippen LogP contribution in [0.1, 0.15) is 19.8 Å². The quantitative estimate of drug-likeness (QED) is 0.754. The van der Waals surface area contributed by atoms with E-state index in [0.717, 1.165) is 49.0 Å². The van der Waals surface area contributed by atoms with Gasteiger partial charge in [-0.15, -0.1) is 12.4 Å². The Labute approximate surface area is 181 Å². The number of guanidine groups is 2. The van der Waals surface area contributed by atoms with Crippen molar-refractivity contribution in [3.63, 3.8) is 0 Å². The molecule has 2 aromatic carbocycles. The summed E-state index contributed by atoms with van der Waals surface area (Å²) in [4.78, 5) is 13.2. The van der Waals surface area contributed by atoms with Crippen molar-refractivity contribution < 1.29 is 9.13 Å². The molecule has 7 nitrogen and oxygen atoms in total. The summed E-state index contributed by atoms with van der Waals surface area (Å²) in [6, 6.07) is 14.0. The topological polar surface area (TPSA) is 78.5 Å². The van der Waals surface area contributed by atoms with Crippen LogP contribution in [0.2, 0.25) is 0 Å². The van der Waals surface area contributed by atoms with Crippen molar-refractivity contribution in [2.45, 2.75) is 26.1 Å². The Hall–Kier alpha value is -3.00. The number of benzene rings is 2. The lowest BCUT2D eigenvalue weighted by atomic mass is 10.2. The van der Waals surface area contributed by atoms with E-state index in [-0.39, 0.29) is 24.2 Å². The molecule has 0 radical (unpaired) electrons. The van der Waals surface area contributed by atoms with E-state index in [0.29, 0.717) is 6.61 Å². The van der Waals surface area contributed by atoms with Gasteiger partial charge in [-0.05, 0) is 68.3 Å². The van der Waals surface area contributed by atoms with Crippen molar-refractivity contribution in [2.75, 3.05) is 29.9 Å². The van der Waals surface area contributed by atoms with E-state index in [4.69, 9.17) is 10.5 Å². The maximum absolute atomic E-state index is 13.5. The number of ether oxygens (including phenoxy) is 1. The normalized spacial score (nSPS) is 18.4. The predicted octanol–water partition coefficient (Wildman–Crippen LogP) is 3.63. The van der Waals surface area contributed by atoms with Crippen LogP contribution in [0, 0.1) is 5.82 Å². The Balaban J connectivity index is 0.00000256. The molecule has 1 saturated heterocycles. The van der Waals surface area contributed by atoms with Gasteiger partial charge in [0.1, 0.15) is 11.6 Å². The molecule has 1 fully saturated rings. The van der Waals surface area contributed by atoms with Gasteiger partial charge in [-0.25, -0.2) is 9.38 Å². The third-order valence-corrected chi connectivity index (χ3v) is 4.88. The molecular formula is C21H26ClFN6O. The average Bonchev–Trinajstić information content (AvgIpc) is 3.25. The maximum Gasteiger partial charge on any atom is 0.222 e. The van der Waals surface area contributed by atoms with Crippen LogP contribution in [0.3, 0.4) is 0 Å². The molecule has 30 heavy (non-hydrogen) atoms. The number of nitrogens with two attached hydrogens (primary N) is 1. The zero-order valence-electron chi connectivity index (χ0n) is 16.8. The summed E-state index contributed by atoms with van der Waals surface area (Å²) in [7, 11) is 0. The number of anilines is 2. The van der Waals surface area contributed by atoms with Gasteiger partial charge in [0.05, 0.1) is 6.61 Å². The van der Waals surface area contributed by atoms with Gasteiger partial charge in [-0.1, -0.05) is 0 Å². The number of nitrogens with one attached hydrogen (secondary N) is 1. The van der Waals surface area contributed by atoms with Crippen molar-refractivity contribution in [2.24, 2.45) is 15.7 Å². The number of hydrogen-bond donors (Lipinski definition) is 2. The second kappa shape index (κ2) is 9.67. The first-order chi connectivity index (χ1) is 14.1. The second-order valence-electron chi connectivity index (χ2n) is 6.92. The average molecular weight is 433 g/mol. The predicted molar refractivity (Wildman–Crippen MR) is 121 cm³/mol. The summed E-state index contributed by atoms with van der Waals surface area (Å²) in [6.07, 6.45) is 1.70. The summed E-state index contributed by atoms with van der Waals surface area (Å²) < 4.78 is 19.0. The lowest BCUT2D eigenvalue weighted by Crippen LogP contribution is -2.54. The number of halogens is 2. The first-order valence-electron chi connectivity index (χ1n) is 9.85. The van der Waals surface area contributed by atoms with E-state index in [1.165, 1.54) is 12.1 Å². The first-order valence-corrected chi connectivity index (χ1v) is 9.85. The van der Waals surface area contributed by atoms with E-state index in [2.05, 4.69) is 20.2 Å². The third kappa shape index (κ3) is 4.76. The van der Waals surface area contributed by atoms with Crippen LogP contribution in [0.5, 0.6) is 5.75 Å². The molecule has 0 saturated carbocycles. The summed E-state index contributed by atoms with van der Waals surface area (Å²) in [6.45, 7) is 4.37. The first kappa shape index (κ1) is 21.7. The van der Waals surface area contributed by atoms with Crippen LogP contribution in [0.15, 0.2) is 58.5 Å². The van der Waals surface area contributed by atoms with Gasteiger partial charge in [-0.2, -0.15) is 4.99 Å². The molecule has 0 amide bonds. The van der Waals surface area contributed by atoms with Crippen molar-refractivity contribution in [3.05, 3.63) is 54.3 Å². The van der Waals surface area contributed by atoms with Crippen molar-refractivity contribution in [1.29, 1.82) is 0 Å². The molecule has 1 unspecified atom stereocenters. The number of hydrogen-bond acceptors (Lipinski definition) is 7. The molecule has 2 heterocycles. The molecule has 2 aliphatic heterocycles. The summed E-state index contributed by atoms with van der Waals surface area (Å²) in [5.41, 5.74) is 7.71. The molecule has 4 rings (SSSR count). The zero-order valence-corrected chi connectivity index (χ0v) is 17.6. The van der Waals surface area contributed by atoms with Gasteiger partial charge in [0.2, 0.25) is 18.2 Å². The van der Waals surface area contributed by atoms with Gasteiger partial charge in [0.25, 0.3) is 0 Å². The number of likely N-dealkylation sites (tertiary alicyclic amines) is 1. The zero-order chi connectivity index (χ0) is 20.2. The largest absolute Gasteiger partial charge is 0.494 e. The van der Waals surface area contributed by atoms with Crippen LogP contribution < -0.4 is 20.7 Å². The molecule has 9 heteroatoms. The van der Waals surface area contributed by atoms with Gasteiger partial charge in [0.15, 0.2) is 0 Å². The highest BCUT2D eigenvalue weighted by atomic mass is 35.5. The fourth-order valence-corrected chi connectivity index (χ4v) is 3.54. The molecule has 2 aromatic rings. The summed E-state index contributed by atoms with van der Waals surface area (Å²) >= 11 is 0. The highest BCUT2D eigenvalue weighted by Gasteiger charge is 2.32. The van der Waals surface area contributed by atoms with E-state index >= 15 is 0 Å². The Morgan fingerprint density at radius 3 is 2.40 bits per heavy atom. The number of nitrogens with zero attached hydrogens (tertiary/aromatic N) is 4. The molecule has 0 aromatic heterocycles. The van der Waals surface area contributed by atoms with Crippen molar-refractivity contribution in [1.82, 2.24) is 4.90 Å². The molecule has 0 bridgehead atoms. The molecule has 3 N–H and O–H groups in total. The maximum atomic E-state index is 13.5. The molecule has 160 valence electrons. The van der Waals surface area contributed by atoms with Crippen LogP contribution >= 0.6 is 12.4 Å². The standard InChI is InChI=1S/C21H25FN6O.ClH/c1-2-29-18-11-7-16(8-12-18)24-20-25-19(23)26-21(27-13-3-4-14-27)28(20)17-9-5-15(22)6-10-17;/h5-12,20,24H,2-4,13-14H2,1H3,(H2,23,25);1H. The van der Waals surface area contributed by atoms with Crippen LogP contribution in [0.25, 0.3) is 0 Å². The van der Waals surface area contributed by atoms with E-state index < -0.39 is 6.29 Å². The minimum Gasteiger partial charge on any atom is -0.494 e. The fourth-order valence-electron chi connectivity index (χ4n) is 3.54. The highest BCUT2D eigenvalue weighted by molar-refractivity contribution is 6.06. The van der Waals surface area contributed by atoms with Gasteiger partial charge in [0, 0.05) is 24.5 Å². The lowest BCUT2D eigenvalue weighted by Gasteiger charge is -2.38. The smallest absolute Gasteiger partial charge is 0.222 e. The van der Waals surface area contributed by atoms with Crippen LogP contribution in [-0.4, -0.2) is 42.8 Å². The van der Waals surface area contributed by atoms with E-state index in [1.807, 2.05) is 36.1 Å². The fraction of sp³-hybridized carbons (Fsp3) is 0.333. The Kier molecular flexibility index (Phi) is 6.99. The SMILES string of the molecule is CCOc1ccc(NC2N=C(N)N=C(N3CCCC3)N2c2ccc(F)cc2)cc1.Cl. The summed E-state index contributed by atoms with van der Waals surface area (Å²) in [5, 5.41) is 3.40. The Bertz CT molecular complexity index is 897. The molecular weight excluding hydrogens is 407 g/mol. The van der Waals surface area contributed by atoms with Crippen LogP contribution in [0.4, 0.5) is 15.8 Å². The van der Waals surface area contributed by atoms with Crippen LogP contribution in [-0.2, 0) is 0 Å². The highest BCUT2D eigenvalue weighted by Crippen LogP contribution is 2.26. The monoisotopic (exact) mass is 432 g/mol. The van der Waals surface area contributed by atoms with Crippen molar-refractivity contribution in [3.8, 4) is 5.75 Å². The minimum absolute atomic E-state index is 0. The Morgan fingerprint density at radius 2 is 1.77 bits per heavy atom. The van der Waals surface area contributed by atoms with Gasteiger partial charge >= 0.3 is 0 Å². The second-order valence-corrected chi connectivity index (χ2v) is 6.92. The minimum atomic E-state index is -0.508. The van der Waals surface area contributed by atoms with Gasteiger partial charge in [-0.3, -0.25) is 4.90 Å². The number of rotatable bonds is 5. The Morgan fingerprint density at radius 1 is 1.10 bits per heavy atom. The number of aliphatic imine (C=N–C) groups is 2. The third-order valence-electron chi connectivity index (χ3n) is 4.88. The van der Waals surface area contributed by atoms with Crippen molar-refractivity contribution >= 4 is 35.7 Å². The lowest BCUT2D eigenvalue weighted by molar-refractivity contribution is 0.340. The molecule has 2 aliphatic rings. The van der Waals surface area contributed by atoms with E-state index in [9.17, 15) is 4.39 Å². The van der Waals surface area contributed by atoms with E-state index in [1.54, 1.807) is 12.1 Å². The molecule has 1 atom stereocenters. The molecule has 0 spiro atoms.